The lowest BCUT2D eigenvalue weighted by Crippen LogP contribution is -2.32. The van der Waals surface area contributed by atoms with Crippen molar-refractivity contribution < 1.29 is 13.9 Å². The molecule has 30 heavy (non-hydrogen) atoms. The van der Waals surface area contributed by atoms with E-state index in [-0.39, 0.29) is 5.82 Å². The first kappa shape index (κ1) is 20.9. The van der Waals surface area contributed by atoms with Crippen LogP contribution in [0.4, 0.5) is 15.8 Å². The van der Waals surface area contributed by atoms with Crippen LogP contribution in [0.3, 0.4) is 0 Å². The van der Waals surface area contributed by atoms with E-state index in [1.54, 1.807) is 25.4 Å². The average Bonchev–Trinajstić information content (AvgIpc) is 2.75. The van der Waals surface area contributed by atoms with Crippen molar-refractivity contribution in [2.45, 2.75) is 12.8 Å². The molecule has 7 heteroatoms. The Kier molecular flexibility index (Phi) is 6.39. The Labute approximate surface area is 184 Å². The van der Waals surface area contributed by atoms with E-state index in [1.807, 2.05) is 18.2 Å². The number of piperidine rings is 1. The van der Waals surface area contributed by atoms with Gasteiger partial charge in [0.1, 0.15) is 5.82 Å². The van der Waals surface area contributed by atoms with Crippen LogP contribution < -0.4 is 14.8 Å². The minimum absolute atomic E-state index is 0.334. The van der Waals surface area contributed by atoms with Gasteiger partial charge in [-0.25, -0.2) is 4.39 Å². The zero-order valence-corrected chi connectivity index (χ0v) is 18.7. The number of benzene rings is 2. The third-order valence-corrected chi connectivity index (χ3v) is 6.03. The molecule has 158 valence electrons. The maximum absolute atomic E-state index is 14.3. The van der Waals surface area contributed by atoms with Gasteiger partial charge in [0.2, 0.25) is 0 Å². The molecule has 1 aromatic heterocycles. The molecular formula is C23H25BrFN3O2. The van der Waals surface area contributed by atoms with Crippen molar-refractivity contribution in [1.82, 2.24) is 9.88 Å². The lowest BCUT2D eigenvalue weighted by atomic mass is 9.98. The van der Waals surface area contributed by atoms with Crippen molar-refractivity contribution >= 4 is 38.2 Å². The Bertz CT molecular complexity index is 1040. The van der Waals surface area contributed by atoms with E-state index in [1.165, 1.54) is 6.07 Å². The number of hydrogen-bond acceptors (Lipinski definition) is 5. The number of fused-ring (bicyclic) bond motifs is 1. The lowest BCUT2D eigenvalue weighted by Gasteiger charge is -2.28. The highest BCUT2D eigenvalue weighted by molar-refractivity contribution is 9.10. The van der Waals surface area contributed by atoms with Gasteiger partial charge < -0.3 is 19.7 Å². The van der Waals surface area contributed by atoms with Crippen LogP contribution in [0.1, 0.15) is 12.8 Å². The van der Waals surface area contributed by atoms with E-state index in [9.17, 15) is 4.39 Å². The zero-order valence-electron chi connectivity index (χ0n) is 17.1. The van der Waals surface area contributed by atoms with Crippen molar-refractivity contribution in [3.8, 4) is 11.5 Å². The molecule has 4 rings (SSSR count). The van der Waals surface area contributed by atoms with E-state index >= 15 is 0 Å². The van der Waals surface area contributed by atoms with Crippen molar-refractivity contribution in [2.24, 2.45) is 5.92 Å². The molecule has 0 aliphatic carbocycles. The molecule has 0 bridgehead atoms. The van der Waals surface area contributed by atoms with E-state index in [0.717, 1.165) is 42.5 Å². The number of halogens is 2. The molecule has 0 atom stereocenters. The molecular weight excluding hydrogens is 449 g/mol. The van der Waals surface area contributed by atoms with Gasteiger partial charge in [0, 0.05) is 27.8 Å². The summed E-state index contributed by atoms with van der Waals surface area (Å²) >= 11 is 3.28. The number of hydrogen-bond donors (Lipinski definition) is 1. The number of ether oxygens (including phenoxy) is 2. The number of pyridine rings is 1. The first-order valence-electron chi connectivity index (χ1n) is 10.0. The Morgan fingerprint density at radius 2 is 1.93 bits per heavy atom. The Morgan fingerprint density at radius 3 is 2.67 bits per heavy atom. The van der Waals surface area contributed by atoms with Gasteiger partial charge in [-0.2, -0.15) is 0 Å². The maximum atomic E-state index is 14.3. The smallest absolute Gasteiger partial charge is 0.163 e. The molecule has 0 radical (unpaired) electrons. The third kappa shape index (κ3) is 4.68. The molecule has 5 nitrogen and oxygen atoms in total. The normalized spacial score (nSPS) is 15.3. The minimum atomic E-state index is -0.334. The first-order valence-corrected chi connectivity index (χ1v) is 10.8. The van der Waals surface area contributed by atoms with Crippen molar-refractivity contribution in [1.29, 1.82) is 0 Å². The van der Waals surface area contributed by atoms with Gasteiger partial charge in [0.25, 0.3) is 0 Å². The van der Waals surface area contributed by atoms with Crippen LogP contribution in [-0.4, -0.2) is 43.7 Å². The zero-order chi connectivity index (χ0) is 21.1. The Hall–Kier alpha value is -2.38. The van der Waals surface area contributed by atoms with E-state index < -0.39 is 0 Å². The Balaban J connectivity index is 1.58. The molecule has 0 amide bonds. The highest BCUT2D eigenvalue weighted by Crippen LogP contribution is 2.36. The number of nitrogens with one attached hydrogen (secondary N) is 1. The Morgan fingerprint density at radius 1 is 1.13 bits per heavy atom. The standard InChI is InChI=1S/C23H25BrFN3O2/c1-28-9-6-15(7-10-28)14-30-23-13-21-17(12-22(23)29-2)19(5-8-26-21)27-20-4-3-16(24)11-18(20)25/h3-5,8,11-13,15H,6-7,9-10,14H2,1-2H3,(H,26,27). The molecule has 1 fully saturated rings. The number of anilines is 2. The van der Waals surface area contributed by atoms with Gasteiger partial charge in [0.05, 0.1) is 24.9 Å². The van der Waals surface area contributed by atoms with Gasteiger partial charge in [-0.05, 0) is 69.2 Å². The van der Waals surface area contributed by atoms with Crippen LogP contribution in [0.5, 0.6) is 11.5 Å². The molecule has 3 aromatic rings. The first-order chi connectivity index (χ1) is 14.5. The molecule has 1 saturated heterocycles. The highest BCUT2D eigenvalue weighted by atomic mass is 79.9. The van der Waals surface area contributed by atoms with Crippen LogP contribution in [-0.2, 0) is 0 Å². The SMILES string of the molecule is COc1cc2c(Nc3ccc(Br)cc3F)ccnc2cc1OCC1CCN(C)CC1. The van der Waals surface area contributed by atoms with Crippen molar-refractivity contribution in [3.05, 3.63) is 52.9 Å². The van der Waals surface area contributed by atoms with Crippen molar-refractivity contribution in [3.63, 3.8) is 0 Å². The van der Waals surface area contributed by atoms with Crippen LogP contribution in [0.15, 0.2) is 47.1 Å². The average molecular weight is 474 g/mol. The van der Waals surface area contributed by atoms with E-state index in [0.29, 0.717) is 34.2 Å². The van der Waals surface area contributed by atoms with Gasteiger partial charge in [0.15, 0.2) is 11.5 Å². The maximum Gasteiger partial charge on any atom is 0.163 e. The molecule has 2 heterocycles. The third-order valence-electron chi connectivity index (χ3n) is 5.54. The highest BCUT2D eigenvalue weighted by Gasteiger charge is 2.19. The number of rotatable bonds is 6. The van der Waals surface area contributed by atoms with Crippen molar-refractivity contribution in [2.75, 3.05) is 39.2 Å². The number of aromatic nitrogens is 1. The van der Waals surface area contributed by atoms with Gasteiger partial charge >= 0.3 is 0 Å². The van der Waals surface area contributed by atoms with E-state index in [2.05, 4.69) is 38.2 Å². The fourth-order valence-electron chi connectivity index (χ4n) is 3.71. The number of likely N-dealkylation sites (tertiary alicyclic amines) is 1. The topological polar surface area (TPSA) is 46.6 Å². The largest absolute Gasteiger partial charge is 0.493 e. The molecule has 1 N–H and O–H groups in total. The fraction of sp³-hybridized carbons (Fsp3) is 0.348. The predicted octanol–water partition coefficient (Wildman–Crippen LogP) is 5.61. The lowest BCUT2D eigenvalue weighted by molar-refractivity contribution is 0.157. The molecule has 0 unspecified atom stereocenters. The summed E-state index contributed by atoms with van der Waals surface area (Å²) in [6, 6.07) is 10.5. The summed E-state index contributed by atoms with van der Waals surface area (Å²) in [5.41, 5.74) is 1.91. The summed E-state index contributed by atoms with van der Waals surface area (Å²) in [5.74, 6) is 1.54. The van der Waals surface area contributed by atoms with Crippen LogP contribution in [0, 0.1) is 11.7 Å². The molecule has 1 aliphatic rings. The van der Waals surface area contributed by atoms with Gasteiger partial charge in [-0.1, -0.05) is 15.9 Å². The van der Waals surface area contributed by atoms with Gasteiger partial charge in [-0.15, -0.1) is 0 Å². The fourth-order valence-corrected chi connectivity index (χ4v) is 4.04. The van der Waals surface area contributed by atoms with Gasteiger partial charge in [-0.3, -0.25) is 4.98 Å². The molecule has 0 spiro atoms. The second kappa shape index (κ2) is 9.18. The molecule has 0 saturated carbocycles. The van der Waals surface area contributed by atoms with Crippen LogP contribution in [0.2, 0.25) is 0 Å². The summed E-state index contributed by atoms with van der Waals surface area (Å²) in [6.07, 6.45) is 3.98. The minimum Gasteiger partial charge on any atom is -0.493 e. The monoisotopic (exact) mass is 473 g/mol. The summed E-state index contributed by atoms with van der Waals surface area (Å²) in [4.78, 5) is 6.82. The number of nitrogens with zero attached hydrogens (tertiary/aromatic N) is 2. The summed E-state index contributed by atoms with van der Waals surface area (Å²) < 4.78 is 26.7. The van der Waals surface area contributed by atoms with Crippen LogP contribution in [0.25, 0.3) is 10.9 Å². The number of methoxy groups -OCH3 is 1. The summed E-state index contributed by atoms with van der Waals surface area (Å²) in [5, 5.41) is 4.00. The predicted molar refractivity (Wildman–Crippen MR) is 121 cm³/mol. The second-order valence-corrected chi connectivity index (χ2v) is 8.60. The summed E-state index contributed by atoms with van der Waals surface area (Å²) in [6.45, 7) is 2.87. The van der Waals surface area contributed by atoms with E-state index in [4.69, 9.17) is 9.47 Å². The molecule has 2 aromatic carbocycles. The second-order valence-electron chi connectivity index (χ2n) is 7.69. The quantitative estimate of drug-likeness (QED) is 0.504. The summed E-state index contributed by atoms with van der Waals surface area (Å²) in [7, 11) is 3.78. The molecule has 1 aliphatic heterocycles. The van der Waals surface area contributed by atoms with Crippen LogP contribution >= 0.6 is 15.9 Å².